The molecule has 2 fully saturated rings. The first-order valence-electron chi connectivity index (χ1n) is 11.6. The maximum Gasteiger partial charge on any atom is 0.410 e. The summed E-state index contributed by atoms with van der Waals surface area (Å²) < 4.78 is 11.2. The summed E-state index contributed by atoms with van der Waals surface area (Å²) >= 11 is 1.64. The SMILES string of the molecule is Cc1nc(Oc2ccc(C(=O)O)cc2)ccc1CN1CCC(N2C(=O)OC[C@H]2c2ccsc2)CC1. The number of piperidine rings is 1. The molecule has 0 saturated carbocycles. The van der Waals surface area contributed by atoms with Gasteiger partial charge in [0.15, 0.2) is 0 Å². The molecule has 2 aromatic heterocycles. The van der Waals surface area contributed by atoms with Gasteiger partial charge in [0.1, 0.15) is 12.4 Å². The summed E-state index contributed by atoms with van der Waals surface area (Å²) in [4.78, 5) is 32.4. The van der Waals surface area contributed by atoms with Crippen molar-refractivity contribution >= 4 is 23.4 Å². The van der Waals surface area contributed by atoms with E-state index >= 15 is 0 Å². The van der Waals surface area contributed by atoms with Crippen LogP contribution in [0.1, 0.15) is 46.1 Å². The van der Waals surface area contributed by atoms with Gasteiger partial charge in [-0.05, 0) is 72.0 Å². The molecule has 2 saturated heterocycles. The van der Waals surface area contributed by atoms with Gasteiger partial charge in [-0.2, -0.15) is 11.3 Å². The number of hydrogen-bond acceptors (Lipinski definition) is 7. The van der Waals surface area contributed by atoms with Crippen LogP contribution in [0.25, 0.3) is 0 Å². The van der Waals surface area contributed by atoms with Crippen molar-refractivity contribution in [2.45, 2.75) is 38.4 Å². The molecule has 0 bridgehead atoms. The fourth-order valence-electron chi connectivity index (χ4n) is 4.73. The molecule has 5 rings (SSSR count). The molecule has 1 amide bonds. The van der Waals surface area contributed by atoms with Crippen molar-refractivity contribution in [2.75, 3.05) is 19.7 Å². The second-order valence-corrected chi connectivity index (χ2v) is 9.67. The van der Waals surface area contributed by atoms with Crippen LogP contribution in [0.4, 0.5) is 4.79 Å². The van der Waals surface area contributed by atoms with Crippen LogP contribution in [0.2, 0.25) is 0 Å². The Morgan fingerprint density at radius 3 is 2.60 bits per heavy atom. The van der Waals surface area contributed by atoms with Crippen molar-refractivity contribution in [3.63, 3.8) is 0 Å². The summed E-state index contributed by atoms with van der Waals surface area (Å²) in [5.74, 6) is 0.0412. The Morgan fingerprint density at radius 2 is 1.94 bits per heavy atom. The average molecular weight is 494 g/mol. The molecule has 2 aliphatic rings. The molecule has 1 N–H and O–H groups in total. The zero-order chi connectivity index (χ0) is 24.4. The van der Waals surface area contributed by atoms with Crippen LogP contribution < -0.4 is 4.74 Å². The molecule has 35 heavy (non-hydrogen) atoms. The van der Waals surface area contributed by atoms with Gasteiger partial charge >= 0.3 is 12.1 Å². The molecule has 9 heteroatoms. The van der Waals surface area contributed by atoms with E-state index in [1.165, 1.54) is 12.1 Å². The number of carboxylic acid groups (broad SMARTS) is 1. The monoisotopic (exact) mass is 493 g/mol. The summed E-state index contributed by atoms with van der Waals surface area (Å²) in [7, 11) is 0. The Hall–Kier alpha value is -3.43. The van der Waals surface area contributed by atoms with E-state index in [1.54, 1.807) is 23.5 Å². The third-order valence-corrected chi connectivity index (χ3v) is 7.38. The number of carbonyl (C=O) groups excluding carboxylic acids is 1. The second kappa shape index (κ2) is 10.1. The zero-order valence-corrected chi connectivity index (χ0v) is 20.2. The predicted molar refractivity (Wildman–Crippen MR) is 131 cm³/mol. The average Bonchev–Trinajstić information content (AvgIpc) is 3.51. The summed E-state index contributed by atoms with van der Waals surface area (Å²) in [6, 6.07) is 12.4. The van der Waals surface area contributed by atoms with Gasteiger partial charge < -0.3 is 14.6 Å². The summed E-state index contributed by atoms with van der Waals surface area (Å²) in [6.07, 6.45) is 1.62. The fraction of sp³-hybridized carbons (Fsp3) is 0.346. The number of benzene rings is 1. The summed E-state index contributed by atoms with van der Waals surface area (Å²) in [5, 5.41) is 13.2. The number of likely N-dealkylation sites (tertiary alicyclic amines) is 1. The van der Waals surface area contributed by atoms with Crippen molar-refractivity contribution in [1.82, 2.24) is 14.8 Å². The number of amides is 1. The maximum atomic E-state index is 12.5. The van der Waals surface area contributed by atoms with E-state index in [1.807, 2.05) is 29.3 Å². The highest BCUT2D eigenvalue weighted by molar-refractivity contribution is 7.08. The van der Waals surface area contributed by atoms with Gasteiger partial charge in [-0.3, -0.25) is 9.80 Å². The maximum absolute atomic E-state index is 12.5. The smallest absolute Gasteiger partial charge is 0.410 e. The number of nitrogens with zero attached hydrogens (tertiary/aromatic N) is 3. The molecular formula is C26H27N3O5S. The number of thiophene rings is 1. The number of carbonyl (C=O) groups is 2. The predicted octanol–water partition coefficient (Wildman–Crippen LogP) is 5.10. The van der Waals surface area contributed by atoms with Gasteiger partial charge in [0.2, 0.25) is 5.88 Å². The first kappa shape index (κ1) is 23.3. The number of ether oxygens (including phenoxy) is 2. The zero-order valence-electron chi connectivity index (χ0n) is 19.4. The van der Waals surface area contributed by atoms with Gasteiger partial charge in [-0.1, -0.05) is 6.07 Å². The largest absolute Gasteiger partial charge is 0.478 e. The molecule has 1 aromatic carbocycles. The molecular weight excluding hydrogens is 466 g/mol. The standard InChI is InChI=1S/C26H27N3O5S/c1-17-19(4-7-24(27-17)34-22-5-2-18(3-6-22)25(30)31)14-28-11-8-21(9-12-28)29-23(15-33-26(29)32)20-10-13-35-16-20/h2-7,10,13,16,21,23H,8-9,11-12,14-15H2,1H3,(H,30,31)/t23-/m0/s1. The molecule has 0 radical (unpaired) electrons. The van der Waals surface area contributed by atoms with Gasteiger partial charge in [0.25, 0.3) is 0 Å². The number of carboxylic acids is 1. The Labute approximate surface area is 207 Å². The molecule has 182 valence electrons. The number of rotatable bonds is 7. The van der Waals surface area contributed by atoms with E-state index in [0.717, 1.165) is 49.3 Å². The van der Waals surface area contributed by atoms with E-state index in [-0.39, 0.29) is 23.7 Å². The van der Waals surface area contributed by atoms with E-state index in [2.05, 4.69) is 21.3 Å². The lowest BCUT2D eigenvalue weighted by molar-refractivity contribution is 0.0696. The number of aromatic nitrogens is 1. The highest BCUT2D eigenvalue weighted by Gasteiger charge is 2.40. The van der Waals surface area contributed by atoms with Crippen molar-refractivity contribution in [3.8, 4) is 11.6 Å². The van der Waals surface area contributed by atoms with Gasteiger partial charge in [-0.25, -0.2) is 14.6 Å². The Balaban J connectivity index is 1.17. The lowest BCUT2D eigenvalue weighted by Crippen LogP contribution is -2.46. The highest BCUT2D eigenvalue weighted by atomic mass is 32.1. The van der Waals surface area contributed by atoms with Crippen LogP contribution in [0.15, 0.2) is 53.2 Å². The van der Waals surface area contributed by atoms with E-state index in [9.17, 15) is 9.59 Å². The van der Waals surface area contributed by atoms with Gasteiger partial charge in [0.05, 0.1) is 11.6 Å². The lowest BCUT2D eigenvalue weighted by atomic mass is 9.99. The van der Waals surface area contributed by atoms with Crippen LogP contribution in [0.5, 0.6) is 11.6 Å². The molecule has 0 unspecified atom stereocenters. The molecule has 0 aliphatic carbocycles. The molecule has 8 nitrogen and oxygen atoms in total. The molecule has 1 atom stereocenters. The van der Waals surface area contributed by atoms with Crippen LogP contribution in [0, 0.1) is 6.92 Å². The van der Waals surface area contributed by atoms with Crippen molar-refractivity contribution < 1.29 is 24.2 Å². The fourth-order valence-corrected chi connectivity index (χ4v) is 5.44. The Bertz CT molecular complexity index is 1190. The lowest BCUT2D eigenvalue weighted by Gasteiger charge is -2.37. The third-order valence-electron chi connectivity index (χ3n) is 6.68. The molecule has 3 aromatic rings. The number of pyridine rings is 1. The summed E-state index contributed by atoms with van der Waals surface area (Å²) in [5.41, 5.74) is 3.40. The first-order valence-corrected chi connectivity index (χ1v) is 12.6. The minimum Gasteiger partial charge on any atom is -0.478 e. The van der Waals surface area contributed by atoms with Crippen LogP contribution in [-0.2, 0) is 11.3 Å². The minimum atomic E-state index is -0.971. The second-order valence-electron chi connectivity index (χ2n) is 8.89. The number of aryl methyl sites for hydroxylation is 1. The number of hydrogen-bond donors (Lipinski definition) is 1. The third kappa shape index (κ3) is 5.16. The van der Waals surface area contributed by atoms with Crippen molar-refractivity contribution in [1.29, 1.82) is 0 Å². The van der Waals surface area contributed by atoms with E-state index in [4.69, 9.17) is 14.6 Å². The Kier molecular flexibility index (Phi) is 6.70. The van der Waals surface area contributed by atoms with Crippen LogP contribution in [-0.4, -0.2) is 57.7 Å². The van der Waals surface area contributed by atoms with Crippen molar-refractivity contribution in [2.24, 2.45) is 0 Å². The van der Waals surface area contributed by atoms with Crippen LogP contribution >= 0.6 is 11.3 Å². The Morgan fingerprint density at radius 1 is 1.17 bits per heavy atom. The first-order chi connectivity index (χ1) is 17.0. The van der Waals surface area contributed by atoms with Gasteiger partial charge in [0, 0.05) is 37.4 Å². The van der Waals surface area contributed by atoms with E-state index in [0.29, 0.717) is 18.2 Å². The van der Waals surface area contributed by atoms with E-state index < -0.39 is 5.97 Å². The quantitative estimate of drug-likeness (QED) is 0.490. The normalized spacial score (nSPS) is 19.1. The van der Waals surface area contributed by atoms with Crippen LogP contribution in [0.3, 0.4) is 0 Å². The highest BCUT2D eigenvalue weighted by Crippen LogP contribution is 2.34. The summed E-state index contributed by atoms with van der Waals surface area (Å²) in [6.45, 7) is 4.99. The molecule has 2 aliphatic heterocycles. The molecule has 4 heterocycles. The van der Waals surface area contributed by atoms with Crippen molar-refractivity contribution in [3.05, 3.63) is 75.6 Å². The topological polar surface area (TPSA) is 92.2 Å². The minimum absolute atomic E-state index is 0.0182. The number of cyclic esters (lactones) is 1. The number of aromatic carboxylic acids is 1. The van der Waals surface area contributed by atoms with Gasteiger partial charge in [-0.15, -0.1) is 0 Å². The molecule has 0 spiro atoms.